The molecule has 2 aromatic carbocycles. The lowest BCUT2D eigenvalue weighted by Crippen LogP contribution is -2.51. The fourth-order valence-electron chi connectivity index (χ4n) is 5.55. The van der Waals surface area contributed by atoms with Gasteiger partial charge in [0.1, 0.15) is 5.60 Å². The normalized spacial score (nSPS) is 21.2. The average Bonchev–Trinajstić information content (AvgIpc) is 3.68. The van der Waals surface area contributed by atoms with E-state index in [1.165, 1.54) is 0 Å². The highest BCUT2D eigenvalue weighted by Gasteiger charge is 2.49. The van der Waals surface area contributed by atoms with Crippen molar-refractivity contribution in [2.45, 2.75) is 56.8 Å². The molecule has 0 radical (unpaired) electrons. The first-order valence-electron chi connectivity index (χ1n) is 12.7. The second kappa shape index (κ2) is 9.25. The highest BCUT2D eigenvalue weighted by molar-refractivity contribution is 5.71. The summed E-state index contributed by atoms with van der Waals surface area (Å²) in [6, 6.07) is 21.5. The summed E-state index contributed by atoms with van der Waals surface area (Å²) in [5, 5.41) is 10.7. The van der Waals surface area contributed by atoms with Gasteiger partial charge in [0, 0.05) is 38.7 Å². The van der Waals surface area contributed by atoms with Crippen molar-refractivity contribution in [1.29, 1.82) is 0 Å². The fourth-order valence-corrected chi connectivity index (χ4v) is 5.55. The lowest BCUT2D eigenvalue weighted by atomic mass is 9.80. The van der Waals surface area contributed by atoms with Crippen LogP contribution in [0, 0.1) is 5.92 Å². The van der Waals surface area contributed by atoms with Crippen LogP contribution in [0.15, 0.2) is 77.7 Å². The van der Waals surface area contributed by atoms with Gasteiger partial charge in [-0.3, -0.25) is 4.79 Å². The van der Waals surface area contributed by atoms with Crippen LogP contribution in [0.25, 0.3) is 11.1 Å². The van der Waals surface area contributed by atoms with E-state index in [0.717, 1.165) is 35.1 Å². The van der Waals surface area contributed by atoms with Crippen molar-refractivity contribution in [2.75, 3.05) is 6.54 Å². The Bertz CT molecular complexity index is 1290. The molecule has 3 aromatic rings. The standard InChI is InChI=1S/C30H34N2O4/c1-29(2,35)20-30(25-7-5-4-6-8-25)17-18-32(28(34)36-30)27(23-13-14-23)22-11-9-21(10-12-22)24-15-16-26(33)31(3)19-24/h4-12,15-16,19,23,27,35H,13-14,17-18,20H2,1-3H3/t27?,30-/m0/s1. The number of carbonyl (C=O) groups excluding carboxylic acids is 1. The molecule has 0 spiro atoms. The third-order valence-corrected chi connectivity index (χ3v) is 7.37. The van der Waals surface area contributed by atoms with Crippen LogP contribution >= 0.6 is 0 Å². The number of aryl methyl sites for hydroxylation is 1. The van der Waals surface area contributed by atoms with Gasteiger partial charge in [0.05, 0.1) is 11.6 Å². The summed E-state index contributed by atoms with van der Waals surface area (Å²) in [5.41, 5.74) is 2.15. The Morgan fingerprint density at radius 3 is 2.25 bits per heavy atom. The summed E-state index contributed by atoms with van der Waals surface area (Å²) in [4.78, 5) is 27.2. The van der Waals surface area contributed by atoms with Gasteiger partial charge in [-0.1, -0.05) is 54.6 Å². The first kappa shape index (κ1) is 24.3. The molecule has 6 heteroatoms. The number of hydrogen-bond acceptors (Lipinski definition) is 4. The van der Waals surface area contributed by atoms with Gasteiger partial charge in [0.2, 0.25) is 5.56 Å². The van der Waals surface area contributed by atoms with Crippen molar-refractivity contribution >= 4 is 6.09 Å². The molecule has 6 nitrogen and oxygen atoms in total. The quantitative estimate of drug-likeness (QED) is 0.485. The van der Waals surface area contributed by atoms with E-state index in [1.807, 2.05) is 47.5 Å². The van der Waals surface area contributed by atoms with Crippen molar-refractivity contribution in [1.82, 2.24) is 9.47 Å². The van der Waals surface area contributed by atoms with E-state index in [9.17, 15) is 14.7 Å². The molecule has 36 heavy (non-hydrogen) atoms. The minimum Gasteiger partial charge on any atom is -0.438 e. The molecule has 5 rings (SSSR count). The number of carbonyl (C=O) groups is 1. The Hall–Kier alpha value is -3.38. The highest BCUT2D eigenvalue weighted by atomic mass is 16.6. The first-order chi connectivity index (χ1) is 17.2. The third-order valence-electron chi connectivity index (χ3n) is 7.37. The number of ether oxygens (including phenoxy) is 1. The van der Waals surface area contributed by atoms with Crippen LogP contribution in [0.2, 0.25) is 0 Å². The highest BCUT2D eigenvalue weighted by Crippen LogP contribution is 2.48. The molecule has 1 saturated carbocycles. The van der Waals surface area contributed by atoms with Crippen LogP contribution in [-0.4, -0.2) is 32.8 Å². The Kier molecular flexibility index (Phi) is 6.25. The maximum Gasteiger partial charge on any atom is 0.411 e. The van der Waals surface area contributed by atoms with Gasteiger partial charge in [-0.25, -0.2) is 4.79 Å². The number of benzene rings is 2. The zero-order valence-corrected chi connectivity index (χ0v) is 21.2. The number of amides is 1. The fraction of sp³-hybridized carbons (Fsp3) is 0.400. The molecule has 1 N–H and O–H groups in total. The molecule has 2 fully saturated rings. The van der Waals surface area contributed by atoms with Crippen LogP contribution in [0.5, 0.6) is 0 Å². The molecule has 1 aliphatic heterocycles. The molecular weight excluding hydrogens is 452 g/mol. The number of pyridine rings is 1. The molecule has 2 heterocycles. The summed E-state index contributed by atoms with van der Waals surface area (Å²) in [6.45, 7) is 4.08. The number of aromatic nitrogens is 1. The molecule has 1 aliphatic carbocycles. The summed E-state index contributed by atoms with van der Waals surface area (Å²) in [5.74, 6) is 0.416. The summed E-state index contributed by atoms with van der Waals surface area (Å²) >= 11 is 0. The maximum atomic E-state index is 13.6. The predicted octanol–water partition coefficient (Wildman–Crippen LogP) is 5.40. The van der Waals surface area contributed by atoms with Crippen molar-refractivity contribution in [3.63, 3.8) is 0 Å². The zero-order valence-electron chi connectivity index (χ0n) is 21.2. The smallest absolute Gasteiger partial charge is 0.411 e. The van der Waals surface area contributed by atoms with Crippen LogP contribution in [0.1, 0.15) is 56.7 Å². The monoisotopic (exact) mass is 486 g/mol. The summed E-state index contributed by atoms with van der Waals surface area (Å²) in [7, 11) is 1.75. The molecular formula is C30H34N2O4. The predicted molar refractivity (Wildman–Crippen MR) is 139 cm³/mol. The molecule has 188 valence electrons. The van der Waals surface area contributed by atoms with Crippen molar-refractivity contribution in [3.05, 3.63) is 94.4 Å². The number of hydrogen-bond donors (Lipinski definition) is 1. The second-order valence-electron chi connectivity index (χ2n) is 10.9. The van der Waals surface area contributed by atoms with Gasteiger partial charge in [-0.2, -0.15) is 0 Å². The molecule has 1 aromatic heterocycles. The van der Waals surface area contributed by atoms with E-state index in [0.29, 0.717) is 25.3 Å². The number of aliphatic hydroxyl groups is 1. The minimum absolute atomic E-state index is 0.0380. The van der Waals surface area contributed by atoms with Gasteiger partial charge < -0.3 is 19.3 Å². The first-order valence-corrected chi connectivity index (χ1v) is 12.7. The Morgan fingerprint density at radius 1 is 1.00 bits per heavy atom. The minimum atomic E-state index is -0.981. The zero-order chi connectivity index (χ0) is 25.5. The molecule has 0 bridgehead atoms. The lowest BCUT2D eigenvalue weighted by Gasteiger charge is -2.46. The van der Waals surface area contributed by atoms with E-state index < -0.39 is 11.2 Å². The van der Waals surface area contributed by atoms with E-state index in [4.69, 9.17) is 4.74 Å². The molecule has 2 atom stereocenters. The van der Waals surface area contributed by atoms with Crippen LogP contribution in [0.4, 0.5) is 4.79 Å². The third kappa shape index (κ3) is 4.96. The van der Waals surface area contributed by atoms with E-state index in [2.05, 4.69) is 24.3 Å². The number of cyclic esters (lactones) is 1. The van der Waals surface area contributed by atoms with Crippen molar-refractivity contribution < 1.29 is 14.6 Å². The number of nitrogens with zero attached hydrogens (tertiary/aromatic N) is 2. The molecule has 1 saturated heterocycles. The van der Waals surface area contributed by atoms with Gasteiger partial charge in [-0.05, 0) is 60.9 Å². The van der Waals surface area contributed by atoms with E-state index in [-0.39, 0.29) is 17.7 Å². The van der Waals surface area contributed by atoms with Gasteiger partial charge in [0.15, 0.2) is 0 Å². The van der Waals surface area contributed by atoms with Gasteiger partial charge >= 0.3 is 6.09 Å². The molecule has 1 amide bonds. The average molecular weight is 487 g/mol. The van der Waals surface area contributed by atoms with Crippen molar-refractivity contribution in [2.24, 2.45) is 13.0 Å². The van der Waals surface area contributed by atoms with Crippen LogP contribution in [-0.2, 0) is 17.4 Å². The second-order valence-corrected chi connectivity index (χ2v) is 10.9. The topological polar surface area (TPSA) is 71.8 Å². The van der Waals surface area contributed by atoms with Crippen LogP contribution < -0.4 is 5.56 Å². The van der Waals surface area contributed by atoms with Crippen LogP contribution in [0.3, 0.4) is 0 Å². The Morgan fingerprint density at radius 2 is 1.67 bits per heavy atom. The summed E-state index contributed by atoms with van der Waals surface area (Å²) in [6.07, 6.45) is 4.64. The maximum absolute atomic E-state index is 13.6. The Balaban J connectivity index is 1.41. The Labute approximate surface area is 212 Å². The molecule has 2 aliphatic rings. The van der Waals surface area contributed by atoms with E-state index in [1.54, 1.807) is 31.5 Å². The lowest BCUT2D eigenvalue weighted by molar-refractivity contribution is -0.103. The number of rotatable bonds is 7. The van der Waals surface area contributed by atoms with Gasteiger partial charge in [-0.15, -0.1) is 0 Å². The SMILES string of the molecule is Cn1cc(-c2ccc(C(C3CC3)N3CC[C@](CC(C)(C)O)(c4ccccc4)OC3=O)cc2)ccc1=O. The largest absolute Gasteiger partial charge is 0.438 e. The van der Waals surface area contributed by atoms with Gasteiger partial charge in [0.25, 0.3) is 0 Å². The van der Waals surface area contributed by atoms with Crippen molar-refractivity contribution in [3.8, 4) is 11.1 Å². The van der Waals surface area contributed by atoms with E-state index >= 15 is 0 Å². The molecule has 1 unspecified atom stereocenters. The summed E-state index contributed by atoms with van der Waals surface area (Å²) < 4.78 is 7.82.